The molecule has 2 aromatic heterocycles. The van der Waals surface area contributed by atoms with Gasteiger partial charge in [-0.05, 0) is 94.6 Å². The molecule has 0 saturated heterocycles. The maximum absolute atomic E-state index is 5.09. The second-order valence-corrected chi connectivity index (χ2v) is 13.9. The van der Waals surface area contributed by atoms with E-state index >= 15 is 0 Å². The summed E-state index contributed by atoms with van der Waals surface area (Å²) in [6.45, 7) is 2.14. The first-order valence-electron chi connectivity index (χ1n) is 18.8. The Kier molecular flexibility index (Phi) is 9.29. The van der Waals surface area contributed by atoms with Gasteiger partial charge in [-0.15, -0.1) is 0 Å². The minimum absolute atomic E-state index is 0.621. The largest absolute Gasteiger partial charge is 0.248 e. The summed E-state index contributed by atoms with van der Waals surface area (Å²) in [5.74, 6) is 1.89. The van der Waals surface area contributed by atoms with Crippen LogP contribution in [0.2, 0.25) is 0 Å². The number of pyridine rings is 1. The zero-order valence-electron chi connectivity index (χ0n) is 30.6. The molecule has 262 valence electrons. The van der Waals surface area contributed by atoms with Crippen LogP contribution in [0.4, 0.5) is 0 Å². The SMILES string of the molecule is Cc1cc(C2=CCCC=C2)nc(-c2ccc(-c3cc(-c4ccc(-c5ccccc5)cc4)cc(-c4nc(-c5ccccc5)nc(-c5ccccc5)n4)c3)cc2)c1. The van der Waals surface area contributed by atoms with Gasteiger partial charge in [0.15, 0.2) is 17.5 Å². The van der Waals surface area contributed by atoms with E-state index in [1.165, 1.54) is 22.3 Å². The van der Waals surface area contributed by atoms with Crippen molar-refractivity contribution in [1.29, 1.82) is 0 Å². The molecule has 6 aromatic carbocycles. The second-order valence-electron chi connectivity index (χ2n) is 13.9. The lowest BCUT2D eigenvalue weighted by molar-refractivity contribution is 1.04. The number of aryl methyl sites for hydroxylation is 1. The summed E-state index contributed by atoms with van der Waals surface area (Å²) in [6, 6.07) is 59.2. The molecule has 4 nitrogen and oxygen atoms in total. The Bertz CT molecular complexity index is 2610. The fourth-order valence-electron chi connectivity index (χ4n) is 7.11. The summed E-state index contributed by atoms with van der Waals surface area (Å²) in [5.41, 5.74) is 15.0. The maximum Gasteiger partial charge on any atom is 0.164 e. The summed E-state index contributed by atoms with van der Waals surface area (Å²) in [7, 11) is 0. The predicted octanol–water partition coefficient (Wildman–Crippen LogP) is 13.0. The summed E-state index contributed by atoms with van der Waals surface area (Å²) in [6.07, 6.45) is 8.84. The van der Waals surface area contributed by atoms with Crippen molar-refractivity contribution in [3.8, 4) is 78.8 Å². The van der Waals surface area contributed by atoms with E-state index in [9.17, 15) is 0 Å². The highest BCUT2D eigenvalue weighted by Gasteiger charge is 2.16. The highest BCUT2D eigenvalue weighted by Crippen LogP contribution is 2.35. The van der Waals surface area contributed by atoms with Crippen molar-refractivity contribution in [1.82, 2.24) is 19.9 Å². The minimum atomic E-state index is 0.621. The summed E-state index contributed by atoms with van der Waals surface area (Å²) >= 11 is 0. The standard InChI is InChI=1S/C51H38N4/c1-35-30-47(40-16-8-3-9-17-40)52-48(31-35)41-28-26-39(27-29-41)45-32-44(38-24-22-37(23-25-38)36-14-6-2-7-15-36)33-46(34-45)51-54-49(42-18-10-4-11-19-42)53-50(55-51)43-20-12-5-13-21-43/h2,4-8,10-34H,3,9H2,1H3. The van der Waals surface area contributed by atoms with E-state index in [2.05, 4.69) is 128 Å². The van der Waals surface area contributed by atoms with Crippen LogP contribution in [0.3, 0.4) is 0 Å². The smallest absolute Gasteiger partial charge is 0.164 e. The summed E-state index contributed by atoms with van der Waals surface area (Å²) in [4.78, 5) is 20.2. The second kappa shape index (κ2) is 15.1. The topological polar surface area (TPSA) is 51.6 Å². The molecule has 0 bridgehead atoms. The lowest BCUT2D eigenvalue weighted by atomic mass is 9.94. The first kappa shape index (κ1) is 33.8. The van der Waals surface area contributed by atoms with Crippen LogP contribution in [0.25, 0.3) is 84.4 Å². The Morgan fingerprint density at radius 2 is 0.764 bits per heavy atom. The molecule has 1 aliphatic carbocycles. The van der Waals surface area contributed by atoms with Crippen LogP contribution in [0, 0.1) is 6.92 Å². The Morgan fingerprint density at radius 1 is 0.345 bits per heavy atom. The number of rotatable bonds is 8. The van der Waals surface area contributed by atoms with Gasteiger partial charge in [0.05, 0.1) is 11.4 Å². The third-order valence-corrected chi connectivity index (χ3v) is 9.99. The van der Waals surface area contributed by atoms with Crippen molar-refractivity contribution >= 4 is 5.57 Å². The average molecular weight is 707 g/mol. The van der Waals surface area contributed by atoms with Crippen molar-refractivity contribution in [3.05, 3.63) is 199 Å². The minimum Gasteiger partial charge on any atom is -0.248 e. The molecule has 0 spiro atoms. The van der Waals surface area contributed by atoms with Crippen LogP contribution >= 0.6 is 0 Å². The zero-order chi connectivity index (χ0) is 37.0. The Labute approximate surface area is 322 Å². The quantitative estimate of drug-likeness (QED) is 0.158. The molecule has 0 aliphatic heterocycles. The summed E-state index contributed by atoms with van der Waals surface area (Å²) < 4.78 is 0. The Hall–Kier alpha value is -7.04. The van der Waals surface area contributed by atoms with Gasteiger partial charge in [-0.2, -0.15) is 0 Å². The van der Waals surface area contributed by atoms with Crippen LogP contribution in [-0.4, -0.2) is 19.9 Å². The van der Waals surface area contributed by atoms with Crippen molar-refractivity contribution < 1.29 is 0 Å². The number of hydrogen-bond acceptors (Lipinski definition) is 4. The molecule has 0 fully saturated rings. The van der Waals surface area contributed by atoms with Gasteiger partial charge in [-0.3, -0.25) is 0 Å². The van der Waals surface area contributed by atoms with Crippen molar-refractivity contribution in [3.63, 3.8) is 0 Å². The highest BCUT2D eigenvalue weighted by atomic mass is 15.0. The number of benzene rings is 6. The normalized spacial score (nSPS) is 12.3. The molecule has 8 aromatic rings. The Morgan fingerprint density at radius 3 is 1.27 bits per heavy atom. The summed E-state index contributed by atoms with van der Waals surface area (Å²) in [5, 5.41) is 0. The van der Waals surface area contributed by atoms with Crippen molar-refractivity contribution in [2.45, 2.75) is 19.8 Å². The average Bonchev–Trinajstić information content (AvgIpc) is 3.27. The number of allylic oxidation sites excluding steroid dienone is 4. The van der Waals surface area contributed by atoms with E-state index in [1.54, 1.807) is 0 Å². The Balaban J connectivity index is 1.16. The van der Waals surface area contributed by atoms with Gasteiger partial charge < -0.3 is 0 Å². The number of aromatic nitrogens is 4. The first-order chi connectivity index (χ1) is 27.1. The molecular weight excluding hydrogens is 669 g/mol. The van der Waals surface area contributed by atoms with Crippen LogP contribution < -0.4 is 0 Å². The van der Waals surface area contributed by atoms with Crippen LogP contribution in [0.5, 0.6) is 0 Å². The van der Waals surface area contributed by atoms with Gasteiger partial charge in [0, 0.05) is 22.3 Å². The molecule has 9 rings (SSSR count). The molecule has 2 heterocycles. The lowest BCUT2D eigenvalue weighted by Crippen LogP contribution is -2.00. The van der Waals surface area contributed by atoms with E-state index in [4.69, 9.17) is 19.9 Å². The molecule has 0 N–H and O–H groups in total. The van der Waals surface area contributed by atoms with Gasteiger partial charge in [0.2, 0.25) is 0 Å². The van der Waals surface area contributed by atoms with E-state index < -0.39 is 0 Å². The lowest BCUT2D eigenvalue weighted by Gasteiger charge is -2.13. The maximum atomic E-state index is 5.09. The molecule has 55 heavy (non-hydrogen) atoms. The molecule has 0 radical (unpaired) electrons. The molecule has 0 saturated carbocycles. The molecule has 0 atom stereocenters. The first-order valence-corrected chi connectivity index (χ1v) is 18.8. The number of hydrogen-bond donors (Lipinski definition) is 0. The number of nitrogens with zero attached hydrogens (tertiary/aromatic N) is 4. The van der Waals surface area contributed by atoms with E-state index in [0.29, 0.717) is 17.5 Å². The van der Waals surface area contributed by atoms with Gasteiger partial charge in [-0.1, -0.05) is 158 Å². The van der Waals surface area contributed by atoms with E-state index in [0.717, 1.165) is 68.7 Å². The van der Waals surface area contributed by atoms with Crippen LogP contribution in [-0.2, 0) is 0 Å². The van der Waals surface area contributed by atoms with E-state index in [-0.39, 0.29) is 0 Å². The van der Waals surface area contributed by atoms with Gasteiger partial charge in [0.25, 0.3) is 0 Å². The third kappa shape index (κ3) is 7.44. The molecule has 0 amide bonds. The predicted molar refractivity (Wildman–Crippen MR) is 227 cm³/mol. The highest BCUT2D eigenvalue weighted by molar-refractivity contribution is 5.82. The fourth-order valence-corrected chi connectivity index (χ4v) is 7.11. The van der Waals surface area contributed by atoms with Crippen molar-refractivity contribution in [2.75, 3.05) is 0 Å². The van der Waals surface area contributed by atoms with Gasteiger partial charge in [0.1, 0.15) is 0 Å². The van der Waals surface area contributed by atoms with Crippen LogP contribution in [0.15, 0.2) is 188 Å². The van der Waals surface area contributed by atoms with Gasteiger partial charge >= 0.3 is 0 Å². The molecule has 0 unspecified atom stereocenters. The molecule has 4 heteroatoms. The van der Waals surface area contributed by atoms with Crippen LogP contribution in [0.1, 0.15) is 24.1 Å². The fraction of sp³-hybridized carbons (Fsp3) is 0.0588. The van der Waals surface area contributed by atoms with Gasteiger partial charge in [-0.25, -0.2) is 19.9 Å². The van der Waals surface area contributed by atoms with Crippen molar-refractivity contribution in [2.24, 2.45) is 0 Å². The molecule has 1 aliphatic rings. The third-order valence-electron chi connectivity index (χ3n) is 9.99. The molecular formula is C51H38N4. The van der Waals surface area contributed by atoms with E-state index in [1.807, 2.05) is 66.7 Å². The zero-order valence-corrected chi connectivity index (χ0v) is 30.6. The monoisotopic (exact) mass is 706 g/mol.